The summed E-state index contributed by atoms with van der Waals surface area (Å²) in [5, 5.41) is 10.5. The second-order valence-corrected chi connectivity index (χ2v) is 8.10. The lowest BCUT2D eigenvalue weighted by atomic mass is 9.82. The number of aromatic nitrogens is 2. The van der Waals surface area contributed by atoms with Crippen molar-refractivity contribution in [3.8, 4) is 11.5 Å². The third-order valence-electron chi connectivity index (χ3n) is 5.27. The average Bonchev–Trinajstić information content (AvgIpc) is 3.21. The molecule has 1 aromatic heterocycles. The Hall–Kier alpha value is -2.46. The quantitative estimate of drug-likeness (QED) is 0.515. The number of rotatable bonds is 8. The van der Waals surface area contributed by atoms with Crippen LogP contribution in [-0.2, 0) is 16.0 Å². The van der Waals surface area contributed by atoms with Gasteiger partial charge in [-0.25, -0.2) is 4.39 Å². The third-order valence-corrected chi connectivity index (χ3v) is 5.58. The molecular weight excluding hydrogens is 454 g/mol. The molecule has 0 aliphatic heterocycles. The van der Waals surface area contributed by atoms with Gasteiger partial charge in [0.1, 0.15) is 5.82 Å². The second kappa shape index (κ2) is 10.4. The summed E-state index contributed by atoms with van der Waals surface area (Å²) < 4.78 is 59.4. The van der Waals surface area contributed by atoms with E-state index in [2.05, 4.69) is 26.8 Å². The second-order valence-electron chi connectivity index (χ2n) is 7.70. The van der Waals surface area contributed by atoms with Gasteiger partial charge >= 0.3 is 6.36 Å². The van der Waals surface area contributed by atoms with Gasteiger partial charge in [-0.3, -0.25) is 9.53 Å². The Labute approximate surface area is 187 Å². The Morgan fingerprint density at radius 3 is 2.62 bits per heavy atom. The van der Waals surface area contributed by atoms with Gasteiger partial charge in [0.05, 0.1) is 11.6 Å². The van der Waals surface area contributed by atoms with Gasteiger partial charge in [0.15, 0.2) is 0 Å². The van der Waals surface area contributed by atoms with E-state index in [9.17, 15) is 22.4 Å². The number of hydrogen-bond donors (Lipinski definition) is 1. The summed E-state index contributed by atoms with van der Waals surface area (Å²) in [5.74, 6) is -0.823. The minimum absolute atomic E-state index is 0.0105. The lowest BCUT2D eigenvalue weighted by Gasteiger charge is -2.28. The summed E-state index contributed by atoms with van der Waals surface area (Å²) in [6.07, 6.45) is -1.96. The summed E-state index contributed by atoms with van der Waals surface area (Å²) >= 11 is 5.66. The first-order valence-corrected chi connectivity index (χ1v) is 10.5. The number of benzene rings is 1. The van der Waals surface area contributed by atoms with Crippen LogP contribution in [0.25, 0.3) is 11.5 Å². The molecule has 0 saturated heterocycles. The number of halogens is 5. The molecule has 1 aromatic carbocycles. The zero-order valence-electron chi connectivity index (χ0n) is 17.1. The molecule has 0 radical (unpaired) electrons. The molecule has 1 aliphatic carbocycles. The molecule has 1 saturated carbocycles. The summed E-state index contributed by atoms with van der Waals surface area (Å²) in [7, 11) is 0. The van der Waals surface area contributed by atoms with Crippen molar-refractivity contribution in [1.82, 2.24) is 15.5 Å². The highest BCUT2D eigenvalue weighted by atomic mass is 35.5. The van der Waals surface area contributed by atoms with Crippen molar-refractivity contribution >= 4 is 17.5 Å². The number of nitrogens with one attached hydrogen (secondary N) is 1. The van der Waals surface area contributed by atoms with Crippen molar-refractivity contribution in [1.29, 1.82) is 0 Å². The van der Waals surface area contributed by atoms with Crippen molar-refractivity contribution < 1.29 is 31.5 Å². The minimum Gasteiger partial charge on any atom is -0.421 e. The summed E-state index contributed by atoms with van der Waals surface area (Å²) in [6, 6.07) is 4.15. The first kappa shape index (κ1) is 24.2. The molecule has 0 atom stereocenters. The number of alkyl halides is 3. The Bertz CT molecular complexity index is 956. The molecular formula is C21H22ClF4N3O3. The molecule has 6 nitrogen and oxygen atoms in total. The molecule has 3 rings (SSSR count). The maximum atomic E-state index is 13.6. The van der Waals surface area contributed by atoms with Crippen LogP contribution in [0.5, 0.6) is 0 Å². The SMILES string of the molecule is C=C(CCc1nnc(-c2ccc(Cl)c(F)c2)o1)NC(=O)C1CCC(COC(F)(F)F)CC1. The smallest absolute Gasteiger partial charge is 0.421 e. The predicted molar refractivity (Wildman–Crippen MR) is 108 cm³/mol. The van der Waals surface area contributed by atoms with Crippen LogP contribution in [0, 0.1) is 17.7 Å². The first-order chi connectivity index (χ1) is 15.1. The van der Waals surface area contributed by atoms with Crippen molar-refractivity contribution in [3.05, 3.63) is 47.2 Å². The molecule has 11 heteroatoms. The molecule has 32 heavy (non-hydrogen) atoms. The Morgan fingerprint density at radius 1 is 1.25 bits per heavy atom. The van der Waals surface area contributed by atoms with Gasteiger partial charge in [-0.15, -0.1) is 23.4 Å². The van der Waals surface area contributed by atoms with Crippen molar-refractivity contribution in [2.75, 3.05) is 6.61 Å². The van der Waals surface area contributed by atoms with Crippen LogP contribution in [0.3, 0.4) is 0 Å². The van der Waals surface area contributed by atoms with E-state index >= 15 is 0 Å². The number of allylic oxidation sites excluding steroid dienone is 1. The molecule has 1 aliphatic rings. The van der Waals surface area contributed by atoms with Crippen molar-refractivity contribution in [2.45, 2.75) is 44.9 Å². The number of amides is 1. The zero-order valence-corrected chi connectivity index (χ0v) is 17.8. The van der Waals surface area contributed by atoms with E-state index in [0.29, 0.717) is 55.7 Å². The monoisotopic (exact) mass is 475 g/mol. The number of nitrogens with zero attached hydrogens (tertiary/aromatic N) is 2. The number of ether oxygens (including phenoxy) is 1. The lowest BCUT2D eigenvalue weighted by molar-refractivity contribution is -0.329. The highest BCUT2D eigenvalue weighted by Gasteiger charge is 2.32. The number of carbonyl (C=O) groups is 1. The average molecular weight is 476 g/mol. The minimum atomic E-state index is -4.63. The van der Waals surface area contributed by atoms with Crippen LogP contribution in [0.2, 0.25) is 5.02 Å². The van der Waals surface area contributed by atoms with Crippen LogP contribution in [0.15, 0.2) is 34.9 Å². The van der Waals surface area contributed by atoms with E-state index < -0.39 is 12.2 Å². The maximum absolute atomic E-state index is 13.6. The molecule has 174 valence electrons. The molecule has 0 spiro atoms. The topological polar surface area (TPSA) is 77.3 Å². The Morgan fingerprint density at radius 2 is 1.97 bits per heavy atom. The van der Waals surface area contributed by atoms with Gasteiger partial charge < -0.3 is 9.73 Å². The molecule has 1 N–H and O–H groups in total. The lowest BCUT2D eigenvalue weighted by Crippen LogP contribution is -2.33. The molecule has 1 amide bonds. The normalized spacial score (nSPS) is 19.0. The van der Waals surface area contributed by atoms with E-state index in [0.717, 1.165) is 0 Å². The third kappa shape index (κ3) is 7.03. The van der Waals surface area contributed by atoms with Gasteiger partial charge in [0.25, 0.3) is 0 Å². The number of carbonyl (C=O) groups excluding carboxylic acids is 1. The Kier molecular flexibility index (Phi) is 7.89. The summed E-state index contributed by atoms with van der Waals surface area (Å²) in [4.78, 5) is 12.4. The molecule has 0 bridgehead atoms. The van der Waals surface area contributed by atoms with Gasteiger partial charge in [-0.2, -0.15) is 0 Å². The van der Waals surface area contributed by atoms with Crippen LogP contribution < -0.4 is 5.32 Å². The number of hydrogen-bond acceptors (Lipinski definition) is 5. The molecule has 2 aromatic rings. The van der Waals surface area contributed by atoms with Crippen LogP contribution in [0.4, 0.5) is 17.6 Å². The van der Waals surface area contributed by atoms with Crippen molar-refractivity contribution in [2.24, 2.45) is 11.8 Å². The van der Waals surface area contributed by atoms with Gasteiger partial charge in [0, 0.05) is 23.6 Å². The van der Waals surface area contributed by atoms with E-state index in [-0.39, 0.29) is 35.3 Å². The van der Waals surface area contributed by atoms with E-state index in [1.807, 2.05) is 0 Å². The Balaban J connectivity index is 1.41. The van der Waals surface area contributed by atoms with E-state index in [1.54, 1.807) is 6.07 Å². The standard InChI is InChI=1S/C21H22ClF4N3O3/c1-12(27-19(30)14-5-3-13(4-6-14)11-31-21(24,25)26)2-9-18-28-29-20(32-18)15-7-8-16(22)17(23)10-15/h7-8,10,13-14H,1-6,9,11H2,(H,27,30). The largest absolute Gasteiger partial charge is 0.522 e. The number of aryl methyl sites for hydroxylation is 1. The molecule has 1 fully saturated rings. The van der Waals surface area contributed by atoms with Gasteiger partial charge in [-0.1, -0.05) is 18.2 Å². The predicted octanol–water partition coefficient (Wildman–Crippen LogP) is 5.43. The highest BCUT2D eigenvalue weighted by Crippen LogP contribution is 2.31. The van der Waals surface area contributed by atoms with E-state index in [4.69, 9.17) is 16.0 Å². The van der Waals surface area contributed by atoms with Crippen LogP contribution in [0.1, 0.15) is 38.0 Å². The van der Waals surface area contributed by atoms with Gasteiger partial charge in [-0.05, 0) is 56.2 Å². The first-order valence-electron chi connectivity index (χ1n) is 10.1. The molecule has 1 heterocycles. The fourth-order valence-electron chi connectivity index (χ4n) is 3.50. The maximum Gasteiger partial charge on any atom is 0.522 e. The summed E-state index contributed by atoms with van der Waals surface area (Å²) in [6.45, 7) is 3.46. The summed E-state index contributed by atoms with van der Waals surface area (Å²) in [5.41, 5.74) is 0.865. The fourth-order valence-corrected chi connectivity index (χ4v) is 3.62. The van der Waals surface area contributed by atoms with Gasteiger partial charge in [0.2, 0.25) is 17.7 Å². The van der Waals surface area contributed by atoms with Crippen molar-refractivity contribution in [3.63, 3.8) is 0 Å². The van der Waals surface area contributed by atoms with Crippen LogP contribution in [-0.4, -0.2) is 29.1 Å². The fraction of sp³-hybridized carbons (Fsp3) is 0.476. The molecule has 0 unspecified atom stereocenters. The zero-order chi connectivity index (χ0) is 23.3. The highest BCUT2D eigenvalue weighted by molar-refractivity contribution is 6.30. The van der Waals surface area contributed by atoms with Crippen LogP contribution >= 0.6 is 11.6 Å². The van der Waals surface area contributed by atoms with E-state index in [1.165, 1.54) is 12.1 Å².